The first kappa shape index (κ1) is 15.8. The number of hydrogen-bond donors (Lipinski definition) is 0. The first-order chi connectivity index (χ1) is 1.00. The fraction of sp³-hybridized carbons (Fsp3) is 0. The van der Waals surface area contributed by atoms with Crippen molar-refractivity contribution in [1.29, 1.82) is 0 Å². The van der Waals surface area contributed by atoms with Crippen molar-refractivity contribution in [3.8, 4) is 0 Å². The second-order valence-corrected chi connectivity index (χ2v) is 0. The van der Waals surface area contributed by atoms with E-state index < -0.39 is 0 Å². The Hall–Kier alpha value is 2.96. The molecule has 0 aromatic rings. The predicted molar refractivity (Wildman–Crippen MR) is 16.4 cm³/mol. The average molecular weight is 319 g/mol. The SMILES string of the molecule is [BaH2].[O]=[InH].[Ti]. The van der Waals surface area contributed by atoms with Crippen LogP contribution in [0.4, 0.5) is 0 Å². The topological polar surface area (TPSA) is 17.1 Å². The molecule has 0 atom stereocenters. The van der Waals surface area contributed by atoms with Crippen molar-refractivity contribution in [1.82, 2.24) is 0 Å². The molecular formula is H3BaInOTi. The van der Waals surface area contributed by atoms with Gasteiger partial charge in [0, 0.05) is 21.7 Å². The van der Waals surface area contributed by atoms with Crippen LogP contribution in [0, 0.1) is 0 Å². The van der Waals surface area contributed by atoms with E-state index in [0.717, 1.165) is 0 Å². The summed E-state index contributed by atoms with van der Waals surface area (Å²) in [4.78, 5) is 0. The van der Waals surface area contributed by atoms with E-state index in [1.807, 2.05) is 0 Å². The summed E-state index contributed by atoms with van der Waals surface area (Å²) in [5.41, 5.74) is 0. The molecule has 4 heavy (non-hydrogen) atoms. The Morgan fingerprint density at radius 1 is 1.25 bits per heavy atom. The molecule has 0 aliphatic carbocycles. The van der Waals surface area contributed by atoms with E-state index in [4.69, 9.17) is 2.85 Å². The summed E-state index contributed by atoms with van der Waals surface area (Å²) >= 11 is -0.1000. The van der Waals surface area contributed by atoms with Gasteiger partial charge in [-0.05, 0) is 0 Å². The molecule has 0 aromatic carbocycles. The smallest absolute Gasteiger partial charge is 0 e. The zero-order valence-corrected chi connectivity index (χ0v) is 7.21. The molecule has 0 bridgehead atoms. The fourth-order valence-corrected chi connectivity index (χ4v) is 0. The van der Waals surface area contributed by atoms with Gasteiger partial charge >= 0.3 is 76.1 Å². The molecule has 0 rings (SSSR count). The molecule has 0 amide bonds. The van der Waals surface area contributed by atoms with Gasteiger partial charge in [-0.15, -0.1) is 0 Å². The van der Waals surface area contributed by atoms with Crippen molar-refractivity contribution in [2.24, 2.45) is 0 Å². The molecule has 0 saturated carbocycles. The van der Waals surface area contributed by atoms with Crippen LogP contribution in [0.3, 0.4) is 0 Å². The van der Waals surface area contributed by atoms with Crippen molar-refractivity contribution in [3.63, 3.8) is 0 Å². The maximum absolute atomic E-state index is 8.42. The first-order valence-electron chi connectivity index (χ1n) is 0.289. The molecule has 0 spiro atoms. The van der Waals surface area contributed by atoms with Gasteiger partial charge < -0.3 is 0 Å². The van der Waals surface area contributed by atoms with Crippen LogP contribution in [0.15, 0.2) is 0 Å². The molecule has 0 radical (unpaired) electrons. The molecule has 0 aromatic heterocycles. The summed E-state index contributed by atoms with van der Waals surface area (Å²) in [5, 5.41) is 0. The molecule has 0 heterocycles. The van der Waals surface area contributed by atoms with E-state index >= 15 is 0 Å². The molecule has 0 aliphatic heterocycles. The average Bonchev–Trinajstić information content (AvgIpc) is 1.00. The van der Waals surface area contributed by atoms with Gasteiger partial charge in [0.15, 0.2) is 0 Å². The van der Waals surface area contributed by atoms with E-state index in [2.05, 4.69) is 0 Å². The maximum Gasteiger partial charge on any atom is 0 e. The van der Waals surface area contributed by atoms with Crippen molar-refractivity contribution in [3.05, 3.63) is 0 Å². The fourth-order valence-electron chi connectivity index (χ4n) is 0. The Labute approximate surface area is 95.3 Å². The van der Waals surface area contributed by atoms with Gasteiger partial charge in [-0.2, -0.15) is 0 Å². The van der Waals surface area contributed by atoms with Crippen LogP contribution in [0.5, 0.6) is 0 Å². The summed E-state index contributed by atoms with van der Waals surface area (Å²) in [6.45, 7) is 0. The quantitative estimate of drug-likeness (QED) is 0.487. The second kappa shape index (κ2) is 16.7. The van der Waals surface area contributed by atoms with Crippen molar-refractivity contribution < 1.29 is 24.6 Å². The third-order valence-corrected chi connectivity index (χ3v) is 0. The molecule has 0 N–H and O–H groups in total. The standard InChI is InChI=1S/Ba.In.O.Ti.3H. The molecule has 4 heteroatoms. The first-order valence-corrected chi connectivity index (χ1v) is 1.94. The Morgan fingerprint density at radius 3 is 1.25 bits per heavy atom. The minimum atomic E-state index is -0.1000. The van der Waals surface area contributed by atoms with Crippen molar-refractivity contribution >= 4 is 73.3 Å². The van der Waals surface area contributed by atoms with Crippen molar-refractivity contribution in [2.45, 2.75) is 0 Å². The summed E-state index contributed by atoms with van der Waals surface area (Å²) in [6, 6.07) is 0. The van der Waals surface area contributed by atoms with Gasteiger partial charge in [-0.3, -0.25) is 0 Å². The van der Waals surface area contributed by atoms with Gasteiger partial charge in [0.2, 0.25) is 0 Å². The van der Waals surface area contributed by atoms with Crippen LogP contribution in [-0.4, -0.2) is 73.3 Å². The van der Waals surface area contributed by atoms with Crippen LogP contribution in [0.2, 0.25) is 0 Å². The van der Waals surface area contributed by atoms with Gasteiger partial charge in [-0.1, -0.05) is 0 Å². The largest absolute Gasteiger partial charge is 0 e. The molecule has 0 fully saturated rings. The normalized spacial score (nSPS) is 0.750. The van der Waals surface area contributed by atoms with Crippen LogP contribution in [0.25, 0.3) is 0 Å². The summed E-state index contributed by atoms with van der Waals surface area (Å²) in [5.74, 6) is 0. The third kappa shape index (κ3) is 8.88. The zero-order valence-electron chi connectivity index (χ0n) is 1.62. The zero-order chi connectivity index (χ0) is 2.00. The van der Waals surface area contributed by atoms with Crippen molar-refractivity contribution in [2.75, 3.05) is 0 Å². The minimum Gasteiger partial charge on any atom is 0 e. The third-order valence-electron chi connectivity index (χ3n) is 0. The van der Waals surface area contributed by atoms with Gasteiger partial charge in [0.1, 0.15) is 0 Å². The van der Waals surface area contributed by atoms with Crippen LogP contribution >= 0.6 is 0 Å². The van der Waals surface area contributed by atoms with E-state index in [-0.39, 0.29) is 95.0 Å². The Morgan fingerprint density at radius 2 is 1.25 bits per heavy atom. The monoisotopic (exact) mass is 320 g/mol. The summed E-state index contributed by atoms with van der Waals surface area (Å²) in [7, 11) is 0. The summed E-state index contributed by atoms with van der Waals surface area (Å²) in [6.07, 6.45) is 0. The second-order valence-electron chi connectivity index (χ2n) is 0. The van der Waals surface area contributed by atoms with E-state index in [9.17, 15) is 0 Å². The van der Waals surface area contributed by atoms with E-state index in [0.29, 0.717) is 0 Å². The molecule has 0 aliphatic rings. The van der Waals surface area contributed by atoms with Gasteiger partial charge in [0.25, 0.3) is 0 Å². The van der Waals surface area contributed by atoms with E-state index in [1.165, 1.54) is 0 Å². The van der Waals surface area contributed by atoms with Gasteiger partial charge in [-0.25, -0.2) is 0 Å². The molecule has 0 unspecified atom stereocenters. The van der Waals surface area contributed by atoms with Crippen LogP contribution in [0.1, 0.15) is 0 Å². The number of hydrogen-bond acceptors (Lipinski definition) is 1. The van der Waals surface area contributed by atoms with E-state index in [1.54, 1.807) is 0 Å². The minimum absolute atomic E-state index is 0. The maximum atomic E-state index is 8.42. The summed E-state index contributed by atoms with van der Waals surface area (Å²) < 4.78 is 8.42. The molecule has 18 valence electrons. The Kier molecular flexibility index (Phi) is 66.0. The van der Waals surface area contributed by atoms with Crippen LogP contribution in [-0.2, 0) is 24.6 Å². The predicted octanol–water partition coefficient (Wildman–Crippen LogP) is -1.69. The Balaban J connectivity index is -0.00000000500. The number of rotatable bonds is 0. The molecule has 0 saturated heterocycles. The Bertz CT molecular complexity index is 8.00. The molecular weight excluding hydrogens is 316 g/mol. The van der Waals surface area contributed by atoms with Crippen LogP contribution < -0.4 is 0 Å². The van der Waals surface area contributed by atoms with Gasteiger partial charge in [0.05, 0.1) is 0 Å². The molecule has 1 nitrogen and oxygen atoms in total.